The molecule has 3 heterocycles. The summed E-state index contributed by atoms with van der Waals surface area (Å²) in [5.41, 5.74) is 6.14. The molecule has 2 aromatic carbocycles. The molecule has 1 aliphatic heterocycles. The third kappa shape index (κ3) is 4.58. The topological polar surface area (TPSA) is 103 Å². The lowest BCUT2D eigenvalue weighted by Crippen LogP contribution is -2.26. The minimum atomic E-state index is -3.00. The fraction of sp³-hybridized carbons (Fsp3) is 0.360. The van der Waals surface area contributed by atoms with Crippen LogP contribution in [0.15, 0.2) is 48.5 Å². The van der Waals surface area contributed by atoms with Crippen molar-refractivity contribution in [2.75, 3.05) is 18.6 Å². The first-order chi connectivity index (χ1) is 16.7. The highest BCUT2D eigenvalue weighted by Crippen LogP contribution is 2.27. The molecule has 1 atom stereocenters. The zero-order chi connectivity index (χ0) is 24.7. The van der Waals surface area contributed by atoms with E-state index in [4.69, 9.17) is 0 Å². The third-order valence-corrected chi connectivity index (χ3v) is 8.47. The van der Waals surface area contributed by atoms with Gasteiger partial charge in [-0.25, -0.2) is 13.1 Å². The van der Waals surface area contributed by atoms with E-state index >= 15 is 0 Å². The number of carbonyl (C=O) groups excluding carboxylic acids is 1. The van der Waals surface area contributed by atoms with Gasteiger partial charge < -0.3 is 4.90 Å². The summed E-state index contributed by atoms with van der Waals surface area (Å²) in [4.78, 5) is 14.8. The van der Waals surface area contributed by atoms with E-state index < -0.39 is 9.84 Å². The lowest BCUT2D eigenvalue weighted by atomic mass is 10.1. The Morgan fingerprint density at radius 3 is 2.57 bits per heavy atom. The van der Waals surface area contributed by atoms with Gasteiger partial charge in [0.1, 0.15) is 5.52 Å². The molecule has 0 bridgehead atoms. The van der Waals surface area contributed by atoms with Crippen LogP contribution >= 0.6 is 0 Å². The summed E-state index contributed by atoms with van der Waals surface area (Å²) < 4.78 is 27.5. The lowest BCUT2D eigenvalue weighted by molar-refractivity contribution is 0.0784. The van der Waals surface area contributed by atoms with E-state index in [0.717, 1.165) is 33.5 Å². The molecule has 0 saturated carbocycles. The third-order valence-electron chi connectivity index (χ3n) is 6.72. The number of benzene rings is 2. The molecule has 9 nitrogen and oxygen atoms in total. The van der Waals surface area contributed by atoms with Gasteiger partial charge in [0.25, 0.3) is 5.91 Å². The zero-order valence-corrected chi connectivity index (χ0v) is 20.9. The van der Waals surface area contributed by atoms with E-state index in [2.05, 4.69) is 15.4 Å². The van der Waals surface area contributed by atoms with Crippen LogP contribution in [0.25, 0.3) is 11.0 Å². The number of fused-ring (bicyclic) bond motifs is 1. The number of hydrogen-bond donors (Lipinski definition) is 0. The van der Waals surface area contributed by atoms with Crippen LogP contribution in [-0.2, 0) is 22.9 Å². The van der Waals surface area contributed by atoms with Gasteiger partial charge in [0.05, 0.1) is 35.3 Å². The Morgan fingerprint density at radius 2 is 1.86 bits per heavy atom. The van der Waals surface area contributed by atoms with Crippen molar-refractivity contribution in [3.63, 3.8) is 0 Å². The van der Waals surface area contributed by atoms with Crippen molar-refractivity contribution < 1.29 is 13.2 Å². The summed E-state index contributed by atoms with van der Waals surface area (Å²) in [6.45, 7) is 4.83. The Balaban J connectivity index is 1.28. The summed E-state index contributed by atoms with van der Waals surface area (Å²) in [6, 6.07) is 15.2. The molecule has 0 aliphatic carbocycles. The normalized spacial score (nSPS) is 17.2. The number of hydrogen-bond acceptors (Lipinski definition) is 6. The van der Waals surface area contributed by atoms with Crippen LogP contribution in [-0.4, -0.2) is 62.6 Å². The predicted molar refractivity (Wildman–Crippen MR) is 133 cm³/mol. The van der Waals surface area contributed by atoms with Crippen molar-refractivity contribution in [2.24, 2.45) is 0 Å². The van der Waals surface area contributed by atoms with Crippen molar-refractivity contribution in [1.82, 2.24) is 29.7 Å². The lowest BCUT2D eigenvalue weighted by Gasteiger charge is -2.18. The number of aryl methyl sites for hydroxylation is 1. The fourth-order valence-electron chi connectivity index (χ4n) is 4.74. The summed E-state index contributed by atoms with van der Waals surface area (Å²) >= 11 is 0. The number of nitrogens with zero attached hydrogens (tertiary/aromatic N) is 6. The molecule has 1 saturated heterocycles. The molecule has 5 rings (SSSR count). The maximum Gasteiger partial charge on any atom is 0.253 e. The van der Waals surface area contributed by atoms with Crippen LogP contribution in [0.4, 0.5) is 0 Å². The molecule has 10 heteroatoms. The van der Waals surface area contributed by atoms with Crippen LogP contribution < -0.4 is 0 Å². The number of rotatable bonds is 6. The summed E-state index contributed by atoms with van der Waals surface area (Å²) in [5.74, 6) is 0.241. The van der Waals surface area contributed by atoms with Crippen molar-refractivity contribution in [3.8, 4) is 0 Å². The smallest absolute Gasteiger partial charge is 0.253 e. The first-order valence-electron chi connectivity index (χ1n) is 11.6. The molecule has 182 valence electrons. The average Bonchev–Trinajstić information content (AvgIpc) is 3.50. The minimum Gasteiger partial charge on any atom is -0.337 e. The number of aromatic nitrogens is 5. The van der Waals surface area contributed by atoms with E-state index in [1.807, 2.05) is 71.7 Å². The zero-order valence-electron chi connectivity index (χ0n) is 20.0. The fourth-order valence-corrected chi connectivity index (χ4v) is 6.43. The van der Waals surface area contributed by atoms with E-state index in [1.54, 1.807) is 11.9 Å². The molecule has 0 spiro atoms. The van der Waals surface area contributed by atoms with Gasteiger partial charge >= 0.3 is 0 Å². The van der Waals surface area contributed by atoms with Crippen molar-refractivity contribution in [1.29, 1.82) is 0 Å². The quantitative estimate of drug-likeness (QED) is 0.410. The van der Waals surface area contributed by atoms with Gasteiger partial charge in [-0.3, -0.25) is 9.48 Å². The minimum absolute atomic E-state index is 0.0854. The molecule has 1 amide bonds. The Kier molecular flexibility index (Phi) is 5.92. The highest BCUT2D eigenvalue weighted by molar-refractivity contribution is 7.91. The Morgan fingerprint density at radius 1 is 1.11 bits per heavy atom. The second-order valence-corrected chi connectivity index (χ2v) is 11.5. The largest absolute Gasteiger partial charge is 0.337 e. The van der Waals surface area contributed by atoms with E-state index in [1.165, 1.54) is 0 Å². The van der Waals surface area contributed by atoms with Gasteiger partial charge in [0.15, 0.2) is 9.84 Å². The number of amides is 1. The number of carbonyl (C=O) groups is 1. The molecule has 2 aromatic heterocycles. The van der Waals surface area contributed by atoms with E-state index in [9.17, 15) is 13.2 Å². The van der Waals surface area contributed by atoms with Crippen LogP contribution in [0.5, 0.6) is 0 Å². The maximum absolute atomic E-state index is 13.1. The monoisotopic (exact) mass is 492 g/mol. The van der Waals surface area contributed by atoms with Crippen molar-refractivity contribution in [2.45, 2.75) is 39.4 Å². The summed E-state index contributed by atoms with van der Waals surface area (Å²) in [5, 5.41) is 13.0. The van der Waals surface area contributed by atoms with E-state index in [0.29, 0.717) is 25.1 Å². The molecular weight excluding hydrogens is 464 g/mol. The first-order valence-corrected chi connectivity index (χ1v) is 13.4. The van der Waals surface area contributed by atoms with Gasteiger partial charge in [-0.1, -0.05) is 29.5 Å². The van der Waals surface area contributed by atoms with Gasteiger partial charge in [0, 0.05) is 30.4 Å². The summed E-state index contributed by atoms with van der Waals surface area (Å²) in [7, 11) is -1.23. The molecule has 0 N–H and O–H groups in total. The molecule has 1 aliphatic rings. The second-order valence-electron chi connectivity index (χ2n) is 9.24. The van der Waals surface area contributed by atoms with Crippen LogP contribution in [0.1, 0.15) is 45.3 Å². The van der Waals surface area contributed by atoms with Gasteiger partial charge in [-0.15, -0.1) is 5.10 Å². The average molecular weight is 493 g/mol. The molecule has 0 radical (unpaired) electrons. The highest BCUT2D eigenvalue weighted by atomic mass is 32.2. The second kappa shape index (κ2) is 8.92. The van der Waals surface area contributed by atoms with Crippen LogP contribution in [0.2, 0.25) is 0 Å². The molecule has 35 heavy (non-hydrogen) atoms. The van der Waals surface area contributed by atoms with E-state index in [-0.39, 0.29) is 23.5 Å². The molecular formula is C25H28N6O3S. The van der Waals surface area contributed by atoms with Gasteiger partial charge in [-0.2, -0.15) is 5.10 Å². The molecule has 1 fully saturated rings. The van der Waals surface area contributed by atoms with Crippen molar-refractivity contribution in [3.05, 3.63) is 76.6 Å². The Bertz CT molecular complexity index is 1500. The SMILES string of the molecule is Cc1nn(C2CCS(=O)(=O)C2)c(C)c1CN(C)C(=O)c1ccc(Cn2nnc3ccccc32)cc1. The predicted octanol–water partition coefficient (Wildman–Crippen LogP) is 2.92. The number of sulfone groups is 1. The van der Waals surface area contributed by atoms with Crippen LogP contribution in [0, 0.1) is 13.8 Å². The van der Waals surface area contributed by atoms with Gasteiger partial charge in [-0.05, 0) is 50.1 Å². The highest BCUT2D eigenvalue weighted by Gasteiger charge is 2.31. The van der Waals surface area contributed by atoms with Crippen molar-refractivity contribution >= 4 is 26.8 Å². The standard InChI is InChI=1S/C25H28N6O3S/c1-17-22(18(2)31(27-17)21-12-13-35(33,34)16-21)15-29(3)25(32)20-10-8-19(9-11-20)14-30-24-7-5-4-6-23(24)26-28-30/h4-11,21H,12-16H2,1-3H3. The molecule has 4 aromatic rings. The molecule has 1 unspecified atom stereocenters. The number of para-hydroxylation sites is 1. The van der Waals surface area contributed by atoms with Crippen LogP contribution in [0.3, 0.4) is 0 Å². The first kappa shape index (κ1) is 23.2. The Hall–Kier alpha value is -3.53. The Labute approximate surface area is 204 Å². The summed E-state index contributed by atoms with van der Waals surface area (Å²) in [6.07, 6.45) is 0.579. The van der Waals surface area contributed by atoms with Gasteiger partial charge in [0.2, 0.25) is 0 Å². The maximum atomic E-state index is 13.1.